The summed E-state index contributed by atoms with van der Waals surface area (Å²) in [6.45, 7) is 1.28. The molecule has 0 unspecified atom stereocenters. The summed E-state index contributed by atoms with van der Waals surface area (Å²) < 4.78 is 4.63. The summed E-state index contributed by atoms with van der Waals surface area (Å²) in [5, 5.41) is 16.9. The molecular formula is C9H11NO4. The van der Waals surface area contributed by atoms with Gasteiger partial charge in [-0.3, -0.25) is 4.79 Å². The molecule has 76 valence electrons. The number of hydrogen-bond acceptors (Lipinski definition) is 5. The SMILES string of the molecule is CCCOC(=O)/C(C#N)=C/C(=O)CO. The van der Waals surface area contributed by atoms with Crippen molar-refractivity contribution in [3.05, 3.63) is 11.6 Å². The van der Waals surface area contributed by atoms with Crippen LogP contribution in [-0.4, -0.2) is 30.1 Å². The maximum absolute atomic E-state index is 11.0. The van der Waals surface area contributed by atoms with Crippen molar-refractivity contribution in [1.29, 1.82) is 5.26 Å². The minimum Gasteiger partial charge on any atom is -0.462 e. The molecule has 0 saturated heterocycles. The third-order valence-electron chi connectivity index (χ3n) is 1.24. The van der Waals surface area contributed by atoms with E-state index in [-0.39, 0.29) is 6.61 Å². The van der Waals surface area contributed by atoms with Gasteiger partial charge in [-0.15, -0.1) is 0 Å². The molecule has 0 aromatic heterocycles. The van der Waals surface area contributed by atoms with Crippen LogP contribution in [0.3, 0.4) is 0 Å². The number of esters is 1. The lowest BCUT2D eigenvalue weighted by atomic mass is 10.2. The topological polar surface area (TPSA) is 87.4 Å². The molecular weight excluding hydrogens is 186 g/mol. The number of carbonyl (C=O) groups excluding carboxylic acids is 2. The summed E-state index contributed by atoms with van der Waals surface area (Å²) in [6, 6.07) is 1.53. The van der Waals surface area contributed by atoms with Crippen LogP contribution in [0.2, 0.25) is 0 Å². The number of nitriles is 1. The minimum atomic E-state index is -0.837. The Hall–Kier alpha value is -1.67. The molecule has 5 heteroatoms. The first kappa shape index (κ1) is 12.3. The smallest absolute Gasteiger partial charge is 0.349 e. The highest BCUT2D eigenvalue weighted by Gasteiger charge is 2.11. The van der Waals surface area contributed by atoms with Crippen molar-refractivity contribution in [1.82, 2.24) is 0 Å². The Morgan fingerprint density at radius 1 is 1.57 bits per heavy atom. The van der Waals surface area contributed by atoms with Crippen LogP contribution >= 0.6 is 0 Å². The molecule has 0 rings (SSSR count). The molecule has 0 aliphatic carbocycles. The van der Waals surface area contributed by atoms with Crippen molar-refractivity contribution < 1.29 is 19.4 Å². The molecule has 1 N–H and O–H groups in total. The van der Waals surface area contributed by atoms with Crippen molar-refractivity contribution in [2.24, 2.45) is 0 Å². The quantitative estimate of drug-likeness (QED) is 0.379. The molecule has 0 fully saturated rings. The van der Waals surface area contributed by atoms with Crippen molar-refractivity contribution in [2.45, 2.75) is 13.3 Å². The molecule has 0 aromatic rings. The van der Waals surface area contributed by atoms with E-state index in [0.717, 1.165) is 6.08 Å². The fourth-order valence-electron chi connectivity index (χ4n) is 0.616. The van der Waals surface area contributed by atoms with Crippen LogP contribution in [0.15, 0.2) is 11.6 Å². The Kier molecular flexibility index (Phi) is 5.99. The molecule has 14 heavy (non-hydrogen) atoms. The van der Waals surface area contributed by atoms with Gasteiger partial charge in [0.05, 0.1) is 6.61 Å². The Balaban J connectivity index is 4.42. The van der Waals surface area contributed by atoms with E-state index in [0.29, 0.717) is 6.42 Å². The predicted octanol–water partition coefficient (Wildman–Crippen LogP) is -0.0490. The second-order valence-electron chi connectivity index (χ2n) is 2.43. The van der Waals surface area contributed by atoms with E-state index in [1.165, 1.54) is 6.07 Å². The number of ketones is 1. The van der Waals surface area contributed by atoms with Gasteiger partial charge in [0.25, 0.3) is 0 Å². The van der Waals surface area contributed by atoms with Gasteiger partial charge in [0.1, 0.15) is 18.2 Å². The summed E-state index contributed by atoms with van der Waals surface area (Å²) >= 11 is 0. The highest BCUT2D eigenvalue weighted by atomic mass is 16.5. The monoisotopic (exact) mass is 197 g/mol. The number of rotatable bonds is 5. The summed E-state index contributed by atoms with van der Waals surface area (Å²) in [7, 11) is 0. The van der Waals surface area contributed by atoms with Crippen LogP contribution in [0.4, 0.5) is 0 Å². The van der Waals surface area contributed by atoms with Gasteiger partial charge < -0.3 is 9.84 Å². The lowest BCUT2D eigenvalue weighted by Gasteiger charge is -1.99. The average molecular weight is 197 g/mol. The maximum atomic E-state index is 11.0. The second kappa shape index (κ2) is 6.80. The van der Waals surface area contributed by atoms with Gasteiger partial charge >= 0.3 is 5.97 Å². The summed E-state index contributed by atoms with van der Waals surface area (Å²) in [6.07, 6.45) is 1.41. The van der Waals surface area contributed by atoms with E-state index in [4.69, 9.17) is 10.4 Å². The van der Waals surface area contributed by atoms with E-state index in [1.807, 2.05) is 6.92 Å². The number of hydrogen-bond donors (Lipinski definition) is 1. The third kappa shape index (κ3) is 4.38. The van der Waals surface area contributed by atoms with Gasteiger partial charge in [-0.1, -0.05) is 6.92 Å². The lowest BCUT2D eigenvalue weighted by molar-refractivity contribution is -0.138. The fraction of sp³-hybridized carbons (Fsp3) is 0.444. The average Bonchev–Trinajstić information content (AvgIpc) is 2.21. The van der Waals surface area contributed by atoms with Crippen LogP contribution in [0.5, 0.6) is 0 Å². The Bertz CT molecular complexity index is 288. The van der Waals surface area contributed by atoms with E-state index >= 15 is 0 Å². The summed E-state index contributed by atoms with van der Waals surface area (Å²) in [5.41, 5.74) is -0.391. The van der Waals surface area contributed by atoms with E-state index in [1.54, 1.807) is 0 Å². The third-order valence-corrected chi connectivity index (χ3v) is 1.24. The molecule has 0 atom stereocenters. The predicted molar refractivity (Wildman–Crippen MR) is 47.0 cm³/mol. The molecule has 0 aliphatic heterocycles. The molecule has 0 spiro atoms. The molecule has 0 amide bonds. The van der Waals surface area contributed by atoms with E-state index < -0.39 is 23.9 Å². The molecule has 0 bridgehead atoms. The zero-order valence-electron chi connectivity index (χ0n) is 7.82. The highest BCUT2D eigenvalue weighted by Crippen LogP contribution is 1.97. The Morgan fingerprint density at radius 2 is 2.21 bits per heavy atom. The van der Waals surface area contributed by atoms with Crippen molar-refractivity contribution in [3.8, 4) is 6.07 Å². The number of aliphatic hydroxyl groups is 1. The molecule has 0 radical (unpaired) electrons. The fourth-order valence-corrected chi connectivity index (χ4v) is 0.616. The number of aliphatic hydroxyl groups excluding tert-OH is 1. The largest absolute Gasteiger partial charge is 0.462 e. The first-order valence-corrected chi connectivity index (χ1v) is 4.08. The Morgan fingerprint density at radius 3 is 2.64 bits per heavy atom. The number of carbonyl (C=O) groups is 2. The van der Waals surface area contributed by atoms with Gasteiger partial charge in [0, 0.05) is 6.08 Å². The number of nitrogens with zero attached hydrogens (tertiary/aromatic N) is 1. The van der Waals surface area contributed by atoms with Crippen molar-refractivity contribution >= 4 is 11.8 Å². The van der Waals surface area contributed by atoms with Gasteiger partial charge in [-0.25, -0.2) is 4.79 Å². The van der Waals surface area contributed by atoms with Crippen LogP contribution < -0.4 is 0 Å². The van der Waals surface area contributed by atoms with E-state index in [9.17, 15) is 9.59 Å². The normalized spacial score (nSPS) is 10.5. The molecule has 0 aliphatic rings. The standard InChI is InChI=1S/C9H11NO4/c1-2-3-14-9(13)7(5-10)4-8(12)6-11/h4,11H,2-3,6H2,1H3/b7-4+. The second-order valence-corrected chi connectivity index (χ2v) is 2.43. The van der Waals surface area contributed by atoms with Crippen molar-refractivity contribution in [2.75, 3.05) is 13.2 Å². The Labute approximate surface area is 81.6 Å². The molecule has 5 nitrogen and oxygen atoms in total. The lowest BCUT2D eigenvalue weighted by Crippen LogP contribution is -2.10. The van der Waals surface area contributed by atoms with Crippen LogP contribution in [0, 0.1) is 11.3 Å². The van der Waals surface area contributed by atoms with Gasteiger partial charge in [-0.05, 0) is 6.42 Å². The van der Waals surface area contributed by atoms with Crippen molar-refractivity contribution in [3.63, 3.8) is 0 Å². The summed E-state index contributed by atoms with van der Waals surface area (Å²) in [4.78, 5) is 21.7. The van der Waals surface area contributed by atoms with Crippen LogP contribution in [0.1, 0.15) is 13.3 Å². The maximum Gasteiger partial charge on any atom is 0.349 e. The van der Waals surface area contributed by atoms with Gasteiger partial charge in [0.2, 0.25) is 0 Å². The first-order chi connectivity index (χ1) is 6.65. The van der Waals surface area contributed by atoms with Crippen LogP contribution in [-0.2, 0) is 14.3 Å². The van der Waals surface area contributed by atoms with E-state index in [2.05, 4.69) is 4.74 Å². The summed E-state index contributed by atoms with van der Waals surface area (Å²) in [5.74, 6) is -1.54. The highest BCUT2D eigenvalue weighted by molar-refractivity contribution is 6.02. The van der Waals surface area contributed by atoms with Gasteiger partial charge in [0.15, 0.2) is 5.78 Å². The zero-order chi connectivity index (χ0) is 11.0. The molecule has 0 heterocycles. The number of ether oxygens (including phenoxy) is 1. The van der Waals surface area contributed by atoms with Gasteiger partial charge in [-0.2, -0.15) is 5.26 Å². The molecule has 0 aromatic carbocycles. The first-order valence-electron chi connectivity index (χ1n) is 4.08. The van der Waals surface area contributed by atoms with Crippen LogP contribution in [0.25, 0.3) is 0 Å². The zero-order valence-corrected chi connectivity index (χ0v) is 7.82. The molecule has 0 saturated carbocycles. The minimum absolute atomic E-state index is 0.200.